The molecule has 0 N–H and O–H groups in total. The Morgan fingerprint density at radius 3 is 0.493 bits per heavy atom. The first-order chi connectivity index (χ1) is 26.1. The fourth-order valence-corrected chi connectivity index (χ4v) is 0.393. The van der Waals surface area contributed by atoms with Crippen LogP contribution in [0.3, 0.4) is 0 Å². The molecule has 0 atom stereocenters. The number of rotatable bonds is 6. The van der Waals surface area contributed by atoms with Crippen molar-refractivity contribution in [2.45, 2.75) is 169 Å². The zero-order chi connectivity index (χ0) is 51.4. The molecule has 0 amide bonds. The van der Waals surface area contributed by atoms with Crippen molar-refractivity contribution >= 4 is 0 Å². The minimum Gasteiger partial charge on any atom is -0.295 e. The molecule has 0 aromatic carbocycles. The molecule has 0 saturated heterocycles. The molecule has 0 bridgehead atoms. The summed E-state index contributed by atoms with van der Waals surface area (Å²) in [6.45, 7) is 1.70. The maximum Gasteiger partial charge on any atom is 0.522 e. The van der Waals surface area contributed by atoms with Crippen LogP contribution in [0.1, 0.15) is 128 Å². The molecule has 0 heterocycles. The van der Waals surface area contributed by atoms with E-state index in [1.54, 1.807) is 0 Å². The predicted molar refractivity (Wildman–Crippen MR) is 216 cm³/mol. The molecule has 67 heavy (non-hydrogen) atoms. The molecule has 0 aromatic heterocycles. The van der Waals surface area contributed by atoms with Crippen LogP contribution in [0.2, 0.25) is 0 Å². The zero-order valence-electron chi connectivity index (χ0n) is 33.4. The van der Waals surface area contributed by atoms with E-state index in [0.29, 0.717) is 14.0 Å². The maximum absolute atomic E-state index is 11.5. The zero-order valence-corrected chi connectivity index (χ0v) is 33.4. The van der Waals surface area contributed by atoms with E-state index in [1.165, 1.54) is 34.6 Å². The third kappa shape index (κ3) is 394. The summed E-state index contributed by atoms with van der Waals surface area (Å²) in [5.41, 5.74) is -2.50. The van der Waals surface area contributed by atoms with Gasteiger partial charge in [-0.05, 0) is 64.2 Å². The summed E-state index contributed by atoms with van der Waals surface area (Å²) in [7, 11) is 3.46. The molecule has 0 rings (SSSR count). The average Bonchev–Trinajstić information content (AvgIpc) is 3.06. The van der Waals surface area contributed by atoms with Gasteiger partial charge in [0.1, 0.15) is 31.0 Å². The largest absolute Gasteiger partial charge is 0.522 e. The van der Waals surface area contributed by atoms with E-state index in [9.17, 15) is 115 Å². The van der Waals surface area contributed by atoms with Crippen molar-refractivity contribution in [2.75, 3.05) is 69.0 Å². The van der Waals surface area contributed by atoms with Gasteiger partial charge in [-0.2, -0.15) is 51.0 Å². The van der Waals surface area contributed by atoms with Crippen LogP contribution in [0.25, 0.3) is 0 Å². The minimum absolute atomic E-state index is 0. The Balaban J connectivity index is -0.0000000201. The molecule has 0 aliphatic rings. The van der Waals surface area contributed by atoms with Crippen LogP contribution >= 0.6 is 0 Å². The minimum atomic E-state index is -4.77. The fourth-order valence-electron chi connectivity index (χ4n) is 0.393. The van der Waals surface area contributed by atoms with Crippen LogP contribution in [-0.2, 0) is 29.4 Å². The van der Waals surface area contributed by atoms with Crippen molar-refractivity contribution in [1.29, 1.82) is 0 Å². The summed E-state index contributed by atoms with van der Waals surface area (Å²) in [6.07, 6.45) is -16.0. The van der Waals surface area contributed by atoms with Gasteiger partial charge in [0.2, 0.25) is 13.9 Å². The van der Waals surface area contributed by atoms with Crippen LogP contribution < -0.4 is 0 Å². The van der Waals surface area contributed by atoms with Crippen molar-refractivity contribution in [1.82, 2.24) is 0 Å². The summed E-state index contributed by atoms with van der Waals surface area (Å²) in [6, 6.07) is 0. The van der Waals surface area contributed by atoms with Gasteiger partial charge >= 0.3 is 18.7 Å². The highest BCUT2D eigenvalue weighted by molar-refractivity contribution is 4.64. The van der Waals surface area contributed by atoms with Crippen molar-refractivity contribution in [2.24, 2.45) is 0 Å². The van der Waals surface area contributed by atoms with Crippen LogP contribution in [-0.4, -0.2) is 111 Å². The normalized spacial score (nSPS) is 9.22. The first-order valence-electron chi connectivity index (χ1n) is 14.1. The number of hydrogen-bond donors (Lipinski definition) is 0. The quantitative estimate of drug-likeness (QED) is 0.247. The van der Waals surface area contributed by atoms with Crippen molar-refractivity contribution in [3.05, 3.63) is 0 Å². The Bertz CT molecular complexity index is 595. The van der Waals surface area contributed by atoms with Crippen LogP contribution in [0.15, 0.2) is 0 Å². The monoisotopic (exact) mass is 1090 g/mol. The molecule has 0 fully saturated rings. The highest BCUT2D eigenvalue weighted by Gasteiger charge is 2.39. The smallest absolute Gasteiger partial charge is 0.295 e. The van der Waals surface area contributed by atoms with Gasteiger partial charge in [-0.25, -0.2) is 48.3 Å². The van der Waals surface area contributed by atoms with E-state index in [0.717, 1.165) is 28.3 Å². The highest BCUT2D eigenvalue weighted by Crippen LogP contribution is 2.30. The molecule has 0 aliphatic carbocycles. The number of methoxy groups -OCH3 is 1. The molecular weight excluding hydrogens is 1010 g/mol. The van der Waals surface area contributed by atoms with Gasteiger partial charge in [0.15, 0.2) is 6.67 Å². The second-order valence-electron chi connectivity index (χ2n) is 9.56. The van der Waals surface area contributed by atoms with E-state index < -0.39 is 88.5 Å². The molecule has 0 aromatic rings. The molecule has 0 saturated carbocycles. The number of ether oxygens (including phenoxy) is 1. The summed E-state index contributed by atoms with van der Waals surface area (Å²) in [5.74, 6) is -6.77. The van der Waals surface area contributed by atoms with Crippen molar-refractivity contribution in [3.63, 3.8) is 0 Å². The third-order valence-corrected chi connectivity index (χ3v) is 2.44. The van der Waals surface area contributed by atoms with E-state index in [-0.39, 0.29) is 73.0 Å². The Labute approximate surface area is 383 Å². The van der Waals surface area contributed by atoms with Gasteiger partial charge < -0.3 is 0 Å². The maximum atomic E-state index is 11.5. The summed E-state index contributed by atoms with van der Waals surface area (Å²) in [4.78, 5) is 14.7. The Morgan fingerprint density at radius 2 is 0.493 bits per heavy atom. The van der Waals surface area contributed by atoms with Gasteiger partial charge in [-0.15, -0.1) is 13.2 Å². The molecule has 0 spiro atoms. The SMILES string of the molecule is C.C.C.C.C.C.C.C.CC(C)(CF)OF.CC(C)(CF)OF.CC(F)(F)CC(F)(F)F.CC(F)(F)CF.CCC(F)(F)F.CCF.COC(F)(F)F.COF.COF.COF.FCF.FCF. The highest BCUT2D eigenvalue weighted by atomic mass is 19.4. The lowest BCUT2D eigenvalue weighted by Crippen LogP contribution is -2.22. The van der Waals surface area contributed by atoms with Crippen LogP contribution in [0, 0.1) is 0 Å². The molecule has 442 valence electrons. The molecule has 0 aliphatic heterocycles. The molecule has 0 unspecified atom stereocenters. The van der Waals surface area contributed by atoms with Gasteiger partial charge in [-0.3, -0.25) is 9.13 Å². The first-order valence-corrected chi connectivity index (χ1v) is 14.1. The predicted octanol–water partition coefficient (Wildman–Crippen LogP) is 20.0. The summed E-state index contributed by atoms with van der Waals surface area (Å²) in [5, 5.41) is 0. The topological polar surface area (TPSA) is 55.4 Å². The third-order valence-electron chi connectivity index (χ3n) is 2.44. The first kappa shape index (κ1) is 131. The van der Waals surface area contributed by atoms with E-state index in [1.807, 2.05) is 0 Å². The van der Waals surface area contributed by atoms with Gasteiger partial charge in [0.05, 0.1) is 28.0 Å². The van der Waals surface area contributed by atoms with E-state index in [2.05, 4.69) is 29.4 Å². The van der Waals surface area contributed by atoms with E-state index >= 15 is 0 Å². The average molecular weight is 1090 g/mol. The number of halogens is 26. The van der Waals surface area contributed by atoms with Crippen molar-refractivity contribution < 1.29 is 144 Å². The van der Waals surface area contributed by atoms with Crippen molar-refractivity contribution in [3.8, 4) is 0 Å². The lowest BCUT2D eigenvalue weighted by atomic mass is 10.2. The Hall–Kier alpha value is -2.06. The second kappa shape index (κ2) is 87.1. The lowest BCUT2D eigenvalue weighted by molar-refractivity contribution is -0.311. The molecular formula is C35H84F26O6. The van der Waals surface area contributed by atoms with Crippen LogP contribution in [0.5, 0.6) is 0 Å². The molecule has 6 nitrogen and oxygen atoms in total. The molecule has 32 heteroatoms. The van der Waals surface area contributed by atoms with Gasteiger partial charge in [0, 0.05) is 20.5 Å². The standard InChI is InChI=1S/C4H5F5.2C4H8F2O.2C3H5F3.C2H3F3O.C2H5F.2CH2F2.3CH3FO.8CH4/c1-3(5,6)2-4(7,8)9;2*1-4(2,3-5)7-6;1-3(5,6)2-4;1-2-3(4,5)6;1-6-2(3,4)5;1-2-3;2*2-1-3;3*1-3-2;;;;;;;;/h2H2,1H3;2*3H2,1-2H3;2*2H2,1H3;1H3;2H2,1H3;2*1H2;3*1H3;8*1H4. The van der Waals surface area contributed by atoms with E-state index in [4.69, 9.17) is 0 Å². The fraction of sp³-hybridized carbons (Fsp3) is 1.00. The summed E-state index contributed by atoms with van der Waals surface area (Å²) < 4.78 is 279. The Kier molecular flexibility index (Phi) is 171. The number of alkyl halides is 21. The lowest BCUT2D eigenvalue weighted by Gasteiger charge is -2.11. The molecule has 0 radical (unpaired) electrons. The summed E-state index contributed by atoms with van der Waals surface area (Å²) >= 11 is 0. The van der Waals surface area contributed by atoms with Gasteiger partial charge in [-0.1, -0.05) is 66.3 Å². The second-order valence-corrected chi connectivity index (χ2v) is 9.56. The van der Waals surface area contributed by atoms with Crippen LogP contribution in [0.4, 0.5) is 115 Å². The Morgan fingerprint density at radius 1 is 0.358 bits per heavy atom. The van der Waals surface area contributed by atoms with Gasteiger partial charge in [0.25, 0.3) is 11.8 Å². The number of hydrogen-bond acceptors (Lipinski definition) is 6.